The minimum absolute atomic E-state index is 0.342. The first-order valence-corrected chi connectivity index (χ1v) is 18.9. The molecule has 0 amide bonds. The Morgan fingerprint density at radius 1 is 1.00 bits per heavy atom. The van der Waals surface area contributed by atoms with E-state index >= 15 is 0 Å². The normalized spacial score (nSPS) is 17.2. The second-order valence-corrected chi connectivity index (χ2v) is 16.9. The Balaban J connectivity index is 1.32. The van der Waals surface area contributed by atoms with Gasteiger partial charge in [0.25, 0.3) is 0 Å². The minimum atomic E-state index is -2.55. The summed E-state index contributed by atoms with van der Waals surface area (Å²) < 4.78 is 19.8. The van der Waals surface area contributed by atoms with Crippen LogP contribution in [-0.4, -0.2) is 92.6 Å². The Labute approximate surface area is 271 Å². The summed E-state index contributed by atoms with van der Waals surface area (Å²) in [6.45, 7) is 16.8. The first-order chi connectivity index (χ1) is 20.9. The van der Waals surface area contributed by atoms with Crippen LogP contribution in [0.15, 0.2) is 41.0 Å². The quantitative estimate of drug-likeness (QED) is 0.241. The number of benzene rings is 2. The summed E-state index contributed by atoms with van der Waals surface area (Å²) in [5.41, 5.74) is 5.14. The van der Waals surface area contributed by atoms with Gasteiger partial charge in [0.1, 0.15) is 18.7 Å². The zero-order chi connectivity index (χ0) is 31.6. The fourth-order valence-electron chi connectivity index (χ4n) is 6.17. The molecule has 3 aromatic rings. The van der Waals surface area contributed by atoms with Crippen LogP contribution in [0.25, 0.3) is 0 Å². The molecule has 0 saturated carbocycles. The Morgan fingerprint density at radius 3 is 2.34 bits per heavy atom. The van der Waals surface area contributed by atoms with E-state index in [1.165, 1.54) is 37.2 Å². The lowest BCUT2D eigenvalue weighted by atomic mass is 10.0. The van der Waals surface area contributed by atoms with Gasteiger partial charge in [0.15, 0.2) is 0 Å². The molecule has 1 aromatic heterocycles. The number of hydrogen-bond acceptors (Lipinski definition) is 9. The standard InChI is InChI=1S/C33H47BrN7O2P/c1-22(2)24-8-9-27(31(19-24)44(6,7)42)36-32-26(34)21-35-33(38-32)37-28-18-23(3)29(20-30(28)43-5)41-12-10-25(11-13-41)40-16-14-39(4)15-17-40/h8-9,18-22,25H,10-17H2,1-7H3,(H2,35,36,37,38). The van der Waals surface area contributed by atoms with Crippen molar-refractivity contribution in [2.45, 2.75) is 45.6 Å². The fraction of sp³-hybridized carbons (Fsp3) is 0.515. The van der Waals surface area contributed by atoms with E-state index in [0.29, 0.717) is 28.2 Å². The van der Waals surface area contributed by atoms with Crippen LogP contribution in [0.4, 0.5) is 28.8 Å². The second-order valence-electron chi connectivity index (χ2n) is 12.8. The minimum Gasteiger partial charge on any atom is -0.494 e. The predicted molar refractivity (Wildman–Crippen MR) is 188 cm³/mol. The van der Waals surface area contributed by atoms with Crippen molar-refractivity contribution in [1.29, 1.82) is 0 Å². The maximum absolute atomic E-state index is 13.2. The predicted octanol–water partition coefficient (Wildman–Crippen LogP) is 6.63. The molecule has 11 heteroatoms. The number of aromatic nitrogens is 2. The molecular weight excluding hydrogens is 637 g/mol. The molecule has 2 aliphatic rings. The van der Waals surface area contributed by atoms with Gasteiger partial charge in [-0.1, -0.05) is 19.9 Å². The van der Waals surface area contributed by atoms with E-state index in [1.54, 1.807) is 26.6 Å². The van der Waals surface area contributed by atoms with E-state index in [2.05, 4.69) is 92.3 Å². The van der Waals surface area contributed by atoms with Gasteiger partial charge in [0, 0.05) is 68.6 Å². The number of methoxy groups -OCH3 is 1. The summed E-state index contributed by atoms with van der Waals surface area (Å²) in [5.74, 6) is 2.11. The van der Waals surface area contributed by atoms with E-state index < -0.39 is 7.14 Å². The molecule has 2 saturated heterocycles. The maximum Gasteiger partial charge on any atom is 0.229 e. The molecule has 44 heavy (non-hydrogen) atoms. The fourth-order valence-corrected chi connectivity index (χ4v) is 7.63. The summed E-state index contributed by atoms with van der Waals surface area (Å²) in [6, 6.07) is 11.0. The zero-order valence-corrected chi connectivity index (χ0v) is 29.6. The first kappa shape index (κ1) is 32.7. The van der Waals surface area contributed by atoms with Gasteiger partial charge >= 0.3 is 0 Å². The number of nitrogens with zero attached hydrogens (tertiary/aromatic N) is 5. The topological polar surface area (TPSA) is 85.9 Å². The number of likely N-dealkylation sites (N-methyl/N-ethyl adjacent to an activating group) is 1. The molecule has 0 unspecified atom stereocenters. The van der Waals surface area contributed by atoms with Crippen LogP contribution in [0.5, 0.6) is 5.75 Å². The van der Waals surface area contributed by atoms with Gasteiger partial charge in [-0.05, 0) is 91.3 Å². The Hall–Kier alpha value is -2.65. The Morgan fingerprint density at radius 2 is 1.70 bits per heavy atom. The molecule has 5 rings (SSSR count). The molecule has 0 spiro atoms. The SMILES string of the molecule is COc1cc(N2CCC(N3CCN(C)CC3)CC2)c(C)cc1Nc1ncc(Br)c(Nc2ccc(C(C)C)cc2P(C)(C)=O)n1. The zero-order valence-electron chi connectivity index (χ0n) is 27.2. The average Bonchev–Trinajstić information content (AvgIpc) is 2.99. The molecule has 0 bridgehead atoms. The number of rotatable bonds is 9. The highest BCUT2D eigenvalue weighted by Crippen LogP contribution is 2.40. The van der Waals surface area contributed by atoms with Crippen molar-refractivity contribution in [3.63, 3.8) is 0 Å². The summed E-state index contributed by atoms with van der Waals surface area (Å²) in [6.07, 6.45) is 4.08. The molecule has 0 atom stereocenters. The van der Waals surface area contributed by atoms with Gasteiger partial charge in [-0.15, -0.1) is 0 Å². The number of piperazine rings is 1. The van der Waals surface area contributed by atoms with Gasteiger partial charge in [0.05, 0.1) is 23.0 Å². The largest absolute Gasteiger partial charge is 0.494 e. The number of anilines is 5. The van der Waals surface area contributed by atoms with Crippen molar-refractivity contribution < 1.29 is 9.30 Å². The monoisotopic (exact) mass is 683 g/mol. The van der Waals surface area contributed by atoms with Crippen LogP contribution in [0.2, 0.25) is 0 Å². The molecule has 0 radical (unpaired) electrons. The molecule has 2 aliphatic heterocycles. The van der Waals surface area contributed by atoms with Gasteiger partial charge in [-0.3, -0.25) is 4.90 Å². The molecule has 9 nitrogen and oxygen atoms in total. The van der Waals surface area contributed by atoms with Crippen LogP contribution in [0.1, 0.15) is 43.7 Å². The van der Waals surface area contributed by atoms with Crippen LogP contribution in [-0.2, 0) is 4.57 Å². The van der Waals surface area contributed by atoms with Crippen LogP contribution >= 0.6 is 23.1 Å². The third-order valence-electron chi connectivity index (χ3n) is 8.89. The van der Waals surface area contributed by atoms with Crippen LogP contribution in [0.3, 0.4) is 0 Å². The number of hydrogen-bond donors (Lipinski definition) is 2. The highest BCUT2D eigenvalue weighted by molar-refractivity contribution is 9.10. The van der Waals surface area contributed by atoms with Gasteiger partial charge in [0.2, 0.25) is 5.95 Å². The number of halogens is 1. The lowest BCUT2D eigenvalue weighted by Crippen LogP contribution is -2.52. The van der Waals surface area contributed by atoms with Crippen molar-refractivity contribution in [3.05, 3.63) is 52.1 Å². The molecule has 238 valence electrons. The van der Waals surface area contributed by atoms with Crippen molar-refractivity contribution in [2.24, 2.45) is 0 Å². The highest BCUT2D eigenvalue weighted by Gasteiger charge is 2.28. The van der Waals surface area contributed by atoms with Crippen molar-refractivity contribution in [1.82, 2.24) is 19.8 Å². The molecule has 2 N–H and O–H groups in total. The maximum atomic E-state index is 13.2. The van der Waals surface area contributed by atoms with Gasteiger partial charge in [-0.25, -0.2) is 4.98 Å². The highest BCUT2D eigenvalue weighted by atomic mass is 79.9. The second kappa shape index (κ2) is 13.8. The third-order valence-corrected chi connectivity index (χ3v) is 11.0. The van der Waals surface area contributed by atoms with E-state index in [4.69, 9.17) is 9.72 Å². The molecule has 3 heterocycles. The lowest BCUT2D eigenvalue weighted by Gasteiger charge is -2.43. The summed E-state index contributed by atoms with van der Waals surface area (Å²) in [5, 5.41) is 7.59. The number of ether oxygens (including phenoxy) is 1. The third kappa shape index (κ3) is 7.58. The Bertz CT molecular complexity index is 1510. The molecule has 0 aliphatic carbocycles. The van der Waals surface area contributed by atoms with Crippen molar-refractivity contribution in [3.8, 4) is 5.75 Å². The van der Waals surface area contributed by atoms with Gasteiger partial charge in [-0.2, -0.15) is 4.98 Å². The molecule has 2 fully saturated rings. The molecular formula is C33H47BrN7O2P. The number of piperidine rings is 1. The van der Waals surface area contributed by atoms with Gasteiger partial charge < -0.3 is 29.7 Å². The van der Waals surface area contributed by atoms with E-state index in [9.17, 15) is 4.57 Å². The van der Waals surface area contributed by atoms with E-state index in [0.717, 1.165) is 54.2 Å². The number of aryl methyl sites for hydroxylation is 1. The van der Waals surface area contributed by atoms with Crippen molar-refractivity contribution in [2.75, 3.05) is 82.3 Å². The first-order valence-electron chi connectivity index (χ1n) is 15.5. The molecule has 2 aromatic carbocycles. The lowest BCUT2D eigenvalue weighted by molar-refractivity contribution is 0.0982. The number of nitrogens with one attached hydrogen (secondary N) is 2. The summed E-state index contributed by atoms with van der Waals surface area (Å²) >= 11 is 3.59. The Kier molecular flexibility index (Phi) is 10.2. The average molecular weight is 685 g/mol. The van der Waals surface area contributed by atoms with Crippen LogP contribution in [0, 0.1) is 6.92 Å². The summed E-state index contributed by atoms with van der Waals surface area (Å²) in [7, 11) is 1.37. The van der Waals surface area contributed by atoms with E-state index in [1.807, 2.05) is 12.1 Å². The van der Waals surface area contributed by atoms with E-state index in [-0.39, 0.29) is 0 Å². The van der Waals surface area contributed by atoms with Crippen LogP contribution < -0.4 is 25.6 Å². The summed E-state index contributed by atoms with van der Waals surface area (Å²) in [4.78, 5) is 16.9. The smallest absolute Gasteiger partial charge is 0.229 e. The van der Waals surface area contributed by atoms with Crippen molar-refractivity contribution >= 4 is 57.2 Å².